The van der Waals surface area contributed by atoms with Crippen LogP contribution in [-0.2, 0) is 0 Å². The van der Waals surface area contributed by atoms with Crippen LogP contribution in [0.4, 0.5) is 0 Å². The summed E-state index contributed by atoms with van der Waals surface area (Å²) in [6.07, 6.45) is 3.88. The van der Waals surface area contributed by atoms with Gasteiger partial charge in [0.1, 0.15) is 11.5 Å². The van der Waals surface area contributed by atoms with E-state index in [1.54, 1.807) is 0 Å². The van der Waals surface area contributed by atoms with E-state index >= 15 is 0 Å². The van der Waals surface area contributed by atoms with Gasteiger partial charge in [-0.2, -0.15) is 0 Å². The molecular formula is C15H23NO3. The van der Waals surface area contributed by atoms with E-state index in [-0.39, 0.29) is 18.6 Å². The molecule has 4 nitrogen and oxygen atoms in total. The Balaban J connectivity index is 1.98. The number of carbonyl (C=O) groups is 1. The number of hydrogen-bond donors (Lipinski definition) is 2. The summed E-state index contributed by atoms with van der Waals surface area (Å²) in [5, 5.41) is 12.2. The first-order chi connectivity index (χ1) is 9.02. The average Bonchev–Trinajstić information content (AvgIpc) is 2.64. The highest BCUT2D eigenvalue weighted by molar-refractivity contribution is 5.97. The summed E-state index contributed by atoms with van der Waals surface area (Å²) < 4.78 is 5.50. The molecule has 1 aromatic heterocycles. The van der Waals surface area contributed by atoms with Crippen LogP contribution in [0.1, 0.15) is 53.1 Å². The number of aliphatic hydroxyl groups is 1. The minimum absolute atomic E-state index is 0.0284. The highest BCUT2D eigenvalue weighted by Crippen LogP contribution is 2.25. The van der Waals surface area contributed by atoms with Gasteiger partial charge in [-0.15, -0.1) is 0 Å². The molecule has 19 heavy (non-hydrogen) atoms. The lowest BCUT2D eigenvalue weighted by molar-refractivity contribution is 0.0912. The van der Waals surface area contributed by atoms with Gasteiger partial charge < -0.3 is 14.8 Å². The van der Waals surface area contributed by atoms with Gasteiger partial charge in [0.05, 0.1) is 5.56 Å². The molecule has 1 aliphatic carbocycles. The molecule has 0 aliphatic heterocycles. The largest absolute Gasteiger partial charge is 0.466 e. The van der Waals surface area contributed by atoms with Crippen molar-refractivity contribution >= 4 is 5.91 Å². The monoisotopic (exact) mass is 265 g/mol. The molecule has 1 saturated carbocycles. The fourth-order valence-electron chi connectivity index (χ4n) is 2.87. The molecule has 1 heterocycles. The van der Waals surface area contributed by atoms with Crippen LogP contribution < -0.4 is 5.32 Å². The minimum Gasteiger partial charge on any atom is -0.466 e. The summed E-state index contributed by atoms with van der Waals surface area (Å²) in [6.45, 7) is 5.90. The minimum atomic E-state index is -0.0284. The second-order valence-electron chi connectivity index (χ2n) is 5.59. The summed E-state index contributed by atoms with van der Waals surface area (Å²) in [4.78, 5) is 12.3. The predicted molar refractivity (Wildman–Crippen MR) is 73.2 cm³/mol. The van der Waals surface area contributed by atoms with E-state index in [1.165, 1.54) is 0 Å². The Bertz CT molecular complexity index is 456. The molecule has 1 aromatic rings. The molecule has 106 valence electrons. The van der Waals surface area contributed by atoms with Crippen molar-refractivity contribution in [3.63, 3.8) is 0 Å². The highest BCUT2D eigenvalue weighted by atomic mass is 16.3. The summed E-state index contributed by atoms with van der Waals surface area (Å²) in [7, 11) is 0. The molecule has 0 saturated heterocycles. The lowest BCUT2D eigenvalue weighted by Crippen LogP contribution is -2.38. The van der Waals surface area contributed by atoms with E-state index < -0.39 is 0 Å². The number of amides is 1. The molecular weight excluding hydrogens is 242 g/mol. The molecule has 0 atom stereocenters. The van der Waals surface area contributed by atoms with E-state index in [4.69, 9.17) is 9.52 Å². The third kappa shape index (κ3) is 3.00. The Morgan fingerprint density at radius 3 is 2.32 bits per heavy atom. The molecule has 0 radical (unpaired) electrons. The summed E-state index contributed by atoms with van der Waals surface area (Å²) in [5.41, 5.74) is 1.61. The highest BCUT2D eigenvalue weighted by Gasteiger charge is 2.25. The van der Waals surface area contributed by atoms with Crippen LogP contribution in [0.3, 0.4) is 0 Å². The molecule has 2 rings (SSSR count). The van der Waals surface area contributed by atoms with Crippen LogP contribution >= 0.6 is 0 Å². The summed E-state index contributed by atoms with van der Waals surface area (Å²) >= 11 is 0. The molecule has 4 heteroatoms. The van der Waals surface area contributed by atoms with E-state index in [9.17, 15) is 4.79 Å². The standard InChI is InChI=1S/C15H23NO3/c1-9-10(2)19-11(3)14(9)15(18)16-13-6-4-12(8-17)5-7-13/h12-13,17H,4-8H2,1-3H3,(H,16,18). The third-order valence-corrected chi connectivity index (χ3v) is 4.23. The first-order valence-electron chi connectivity index (χ1n) is 7.01. The Hall–Kier alpha value is -1.29. The van der Waals surface area contributed by atoms with Crippen LogP contribution in [-0.4, -0.2) is 23.7 Å². The normalized spacial score (nSPS) is 23.4. The van der Waals surface area contributed by atoms with Crippen molar-refractivity contribution in [2.24, 2.45) is 5.92 Å². The van der Waals surface area contributed by atoms with Gasteiger partial charge >= 0.3 is 0 Å². The lowest BCUT2D eigenvalue weighted by Gasteiger charge is -2.27. The number of aliphatic hydroxyl groups excluding tert-OH is 1. The van der Waals surface area contributed by atoms with Crippen molar-refractivity contribution in [2.75, 3.05) is 6.61 Å². The molecule has 0 unspecified atom stereocenters. The van der Waals surface area contributed by atoms with Crippen LogP contribution in [0.25, 0.3) is 0 Å². The van der Waals surface area contributed by atoms with Gasteiger partial charge in [-0.1, -0.05) is 0 Å². The number of aryl methyl sites for hydroxylation is 2. The molecule has 0 aromatic carbocycles. The molecule has 1 aliphatic rings. The van der Waals surface area contributed by atoms with Gasteiger partial charge in [-0.05, 0) is 52.4 Å². The number of furan rings is 1. The van der Waals surface area contributed by atoms with E-state index in [0.29, 0.717) is 17.2 Å². The number of nitrogens with one attached hydrogen (secondary N) is 1. The Kier molecular flexibility index (Phi) is 4.30. The average molecular weight is 265 g/mol. The molecule has 1 amide bonds. The number of rotatable bonds is 3. The van der Waals surface area contributed by atoms with Crippen LogP contribution in [0.5, 0.6) is 0 Å². The molecule has 2 N–H and O–H groups in total. The molecule has 1 fully saturated rings. The second-order valence-corrected chi connectivity index (χ2v) is 5.59. The van der Waals surface area contributed by atoms with Gasteiger partial charge in [0.25, 0.3) is 5.91 Å². The van der Waals surface area contributed by atoms with Crippen molar-refractivity contribution < 1.29 is 14.3 Å². The summed E-state index contributed by atoms with van der Waals surface area (Å²) in [5.74, 6) is 1.88. The molecule has 0 spiro atoms. The zero-order chi connectivity index (χ0) is 14.0. The van der Waals surface area contributed by atoms with Crippen molar-refractivity contribution in [3.05, 3.63) is 22.6 Å². The maximum Gasteiger partial charge on any atom is 0.255 e. The van der Waals surface area contributed by atoms with Gasteiger partial charge in [0.15, 0.2) is 0 Å². The Morgan fingerprint density at radius 2 is 1.84 bits per heavy atom. The second kappa shape index (κ2) is 5.78. The Labute approximate surface area is 114 Å². The van der Waals surface area contributed by atoms with Crippen LogP contribution in [0.2, 0.25) is 0 Å². The van der Waals surface area contributed by atoms with Crippen LogP contribution in [0.15, 0.2) is 4.42 Å². The van der Waals surface area contributed by atoms with Crippen LogP contribution in [0, 0.1) is 26.7 Å². The van der Waals surface area contributed by atoms with Crippen molar-refractivity contribution in [1.82, 2.24) is 5.32 Å². The smallest absolute Gasteiger partial charge is 0.255 e. The zero-order valence-electron chi connectivity index (χ0n) is 12.0. The predicted octanol–water partition coefficient (Wildman–Crippen LogP) is 2.49. The van der Waals surface area contributed by atoms with Crippen molar-refractivity contribution in [3.8, 4) is 0 Å². The SMILES string of the molecule is Cc1oc(C)c(C(=O)NC2CCC(CO)CC2)c1C. The number of carbonyl (C=O) groups excluding carboxylic acids is 1. The number of hydrogen-bond acceptors (Lipinski definition) is 3. The van der Waals surface area contributed by atoms with E-state index in [2.05, 4.69) is 5.32 Å². The first kappa shape index (κ1) is 14.1. The topological polar surface area (TPSA) is 62.5 Å². The third-order valence-electron chi connectivity index (χ3n) is 4.23. The zero-order valence-corrected chi connectivity index (χ0v) is 12.0. The van der Waals surface area contributed by atoms with Crippen molar-refractivity contribution in [1.29, 1.82) is 0 Å². The maximum absolute atomic E-state index is 12.3. The van der Waals surface area contributed by atoms with Gasteiger partial charge in [0.2, 0.25) is 0 Å². The maximum atomic E-state index is 12.3. The quantitative estimate of drug-likeness (QED) is 0.882. The van der Waals surface area contributed by atoms with Gasteiger partial charge in [-0.3, -0.25) is 4.79 Å². The lowest BCUT2D eigenvalue weighted by atomic mass is 9.86. The first-order valence-corrected chi connectivity index (χ1v) is 7.01. The van der Waals surface area contributed by atoms with Crippen molar-refractivity contribution in [2.45, 2.75) is 52.5 Å². The summed E-state index contributed by atoms with van der Waals surface area (Å²) in [6, 6.07) is 0.226. The van der Waals surface area contributed by atoms with Gasteiger partial charge in [-0.25, -0.2) is 0 Å². The van der Waals surface area contributed by atoms with E-state index in [1.807, 2.05) is 20.8 Å². The van der Waals surface area contributed by atoms with Gasteiger partial charge in [0, 0.05) is 18.2 Å². The fourth-order valence-corrected chi connectivity index (χ4v) is 2.87. The molecule has 0 bridgehead atoms. The fraction of sp³-hybridized carbons (Fsp3) is 0.667. The Morgan fingerprint density at radius 1 is 1.21 bits per heavy atom. The van der Waals surface area contributed by atoms with E-state index in [0.717, 1.165) is 37.0 Å².